The van der Waals surface area contributed by atoms with E-state index >= 15 is 0 Å². The summed E-state index contributed by atoms with van der Waals surface area (Å²) in [5, 5.41) is 23.0. The van der Waals surface area contributed by atoms with Gasteiger partial charge in [0.2, 0.25) is 5.78 Å². The Balaban J connectivity index is 1.79. The van der Waals surface area contributed by atoms with Crippen LogP contribution in [0.4, 0.5) is 0 Å². The lowest BCUT2D eigenvalue weighted by Gasteiger charge is -2.56. The second-order valence-corrected chi connectivity index (χ2v) is 9.37. The van der Waals surface area contributed by atoms with Gasteiger partial charge in [0.1, 0.15) is 0 Å². The number of ether oxygens (including phenoxy) is 1. The summed E-state index contributed by atoms with van der Waals surface area (Å²) in [6.07, 6.45) is 6.81. The number of Topliss-reactive ketones (excluding diaryl/α,β-unsaturated/α-hetero) is 1. The largest absolute Gasteiger partial charge is 0.424 e. The smallest absolute Gasteiger partial charge is 0.315 e. The van der Waals surface area contributed by atoms with Crippen LogP contribution in [0.2, 0.25) is 0 Å². The van der Waals surface area contributed by atoms with E-state index in [1.54, 1.807) is 19.1 Å². The lowest BCUT2D eigenvalue weighted by molar-refractivity contribution is -0.237. The third kappa shape index (κ3) is 1.40. The van der Waals surface area contributed by atoms with E-state index in [0.29, 0.717) is 19.3 Å². The van der Waals surface area contributed by atoms with Crippen molar-refractivity contribution in [3.8, 4) is 0 Å². The highest BCUT2D eigenvalue weighted by molar-refractivity contribution is 6.08. The molecule has 4 aliphatic carbocycles. The van der Waals surface area contributed by atoms with Crippen molar-refractivity contribution in [1.82, 2.24) is 0 Å². The Morgan fingerprint density at radius 2 is 1.96 bits per heavy atom. The molecule has 1 heterocycles. The molecule has 7 atom stereocenters. The Hall–Kier alpha value is -1.46. The number of aliphatic hydroxyl groups is 2. The van der Waals surface area contributed by atoms with Gasteiger partial charge in [-0.25, -0.2) is 0 Å². The number of carbonyl (C=O) groups is 2. The van der Waals surface area contributed by atoms with Crippen molar-refractivity contribution in [3.05, 3.63) is 24.3 Å². The number of ketones is 1. The fourth-order valence-electron chi connectivity index (χ4n) is 6.69. The van der Waals surface area contributed by atoms with Crippen molar-refractivity contribution in [1.29, 1.82) is 0 Å². The van der Waals surface area contributed by atoms with Crippen LogP contribution in [-0.2, 0) is 14.3 Å². The van der Waals surface area contributed by atoms with E-state index in [-0.39, 0.29) is 11.5 Å². The van der Waals surface area contributed by atoms with Crippen molar-refractivity contribution >= 4 is 11.8 Å². The summed E-state index contributed by atoms with van der Waals surface area (Å²) in [4.78, 5) is 25.9. The van der Waals surface area contributed by atoms with Crippen LogP contribution in [-0.4, -0.2) is 33.4 Å². The number of hydrogen-bond donors (Lipinski definition) is 2. The maximum Gasteiger partial charge on any atom is 0.315 e. The number of carbonyl (C=O) groups excluding carboxylic acids is 2. The Morgan fingerprint density at radius 3 is 2.64 bits per heavy atom. The van der Waals surface area contributed by atoms with Crippen molar-refractivity contribution in [2.45, 2.75) is 57.3 Å². The molecule has 1 spiro atoms. The van der Waals surface area contributed by atoms with Gasteiger partial charge in [-0.1, -0.05) is 19.1 Å². The quantitative estimate of drug-likeness (QED) is 0.560. The molecule has 4 fully saturated rings. The van der Waals surface area contributed by atoms with Crippen LogP contribution in [0.1, 0.15) is 46.0 Å². The molecule has 2 unspecified atom stereocenters. The maximum atomic E-state index is 13.3. The monoisotopic (exact) mass is 344 g/mol. The molecule has 5 nitrogen and oxygen atoms in total. The lowest BCUT2D eigenvalue weighted by Crippen LogP contribution is -2.68. The Kier molecular flexibility index (Phi) is 2.48. The molecule has 0 bridgehead atoms. The van der Waals surface area contributed by atoms with E-state index in [9.17, 15) is 19.8 Å². The van der Waals surface area contributed by atoms with Crippen LogP contribution in [0.25, 0.3) is 0 Å². The van der Waals surface area contributed by atoms with E-state index in [1.165, 1.54) is 0 Å². The average molecular weight is 344 g/mol. The van der Waals surface area contributed by atoms with E-state index in [1.807, 2.05) is 6.92 Å². The van der Waals surface area contributed by atoms with Crippen LogP contribution >= 0.6 is 0 Å². The molecule has 1 saturated heterocycles. The molecule has 5 aliphatic rings. The van der Waals surface area contributed by atoms with Crippen molar-refractivity contribution in [2.24, 2.45) is 28.1 Å². The summed E-state index contributed by atoms with van der Waals surface area (Å²) in [6.45, 7) is 7.60. The number of hydrogen-bond acceptors (Lipinski definition) is 5. The summed E-state index contributed by atoms with van der Waals surface area (Å²) in [5.74, 6) is -3.73. The molecular weight excluding hydrogens is 320 g/mol. The van der Waals surface area contributed by atoms with Gasteiger partial charge in [0.25, 0.3) is 5.79 Å². The van der Waals surface area contributed by atoms with Gasteiger partial charge < -0.3 is 14.9 Å². The van der Waals surface area contributed by atoms with E-state index in [4.69, 9.17) is 4.74 Å². The zero-order valence-electron chi connectivity index (χ0n) is 14.7. The fourth-order valence-corrected chi connectivity index (χ4v) is 6.69. The molecule has 0 radical (unpaired) electrons. The first-order valence-corrected chi connectivity index (χ1v) is 9.17. The zero-order valence-corrected chi connectivity index (χ0v) is 14.7. The molecule has 2 N–H and O–H groups in total. The standard InChI is InChI=1S/C20H24O5/c1-4-16(2)7-8-19(23)12(10-16)13(21)20(24)14-17(3,15(22)25-20)6-5-11-9-18(11,14)19/h4,10-11,14,23-24H,1,5-9H2,2-3H3/t11-,14?,16-,17?,18-,19+,20+/m0/s1. The first-order valence-electron chi connectivity index (χ1n) is 9.17. The van der Waals surface area contributed by atoms with Crippen LogP contribution in [0.5, 0.6) is 0 Å². The second kappa shape index (κ2) is 3.94. The number of fused-ring (bicyclic) bond motifs is 1. The molecule has 5 rings (SSSR count). The van der Waals surface area contributed by atoms with E-state index < -0.39 is 45.3 Å². The van der Waals surface area contributed by atoms with Gasteiger partial charge in [-0.2, -0.15) is 0 Å². The molecule has 0 aromatic rings. The average Bonchev–Trinajstić information content (AvgIpc) is 3.26. The molecule has 0 amide bonds. The molecule has 0 aromatic heterocycles. The molecule has 3 saturated carbocycles. The third-order valence-corrected chi connectivity index (χ3v) is 8.17. The predicted molar refractivity (Wildman–Crippen MR) is 88.0 cm³/mol. The minimum absolute atomic E-state index is 0.223. The number of allylic oxidation sites excluding steroid dienone is 2. The fraction of sp³-hybridized carbons (Fsp3) is 0.700. The van der Waals surface area contributed by atoms with Crippen molar-refractivity contribution in [2.75, 3.05) is 0 Å². The number of rotatable bonds is 1. The highest BCUT2D eigenvalue weighted by Gasteiger charge is 2.87. The highest BCUT2D eigenvalue weighted by Crippen LogP contribution is 2.81. The first kappa shape index (κ1) is 15.8. The Morgan fingerprint density at radius 1 is 1.24 bits per heavy atom. The van der Waals surface area contributed by atoms with Gasteiger partial charge in [0, 0.05) is 16.4 Å². The SMILES string of the molecule is C=C[C@]1(C)C=C2C(=O)[C@@]3(O)OC(=O)C4(C)CC[C@H]5C[C@]5(C43)[C@@]2(O)CC1. The predicted octanol–water partition coefficient (Wildman–Crippen LogP) is 1.88. The molecule has 0 aromatic carbocycles. The van der Waals surface area contributed by atoms with Crippen LogP contribution in [0, 0.1) is 28.1 Å². The van der Waals surface area contributed by atoms with Gasteiger partial charge in [-0.3, -0.25) is 9.59 Å². The first-order chi connectivity index (χ1) is 11.6. The molecule has 1 aliphatic heterocycles. The van der Waals surface area contributed by atoms with Crippen LogP contribution in [0.3, 0.4) is 0 Å². The topological polar surface area (TPSA) is 83.8 Å². The minimum atomic E-state index is -2.14. The second-order valence-electron chi connectivity index (χ2n) is 9.37. The molecular formula is C20H24O5. The van der Waals surface area contributed by atoms with Gasteiger partial charge in [-0.15, -0.1) is 6.58 Å². The van der Waals surface area contributed by atoms with Crippen LogP contribution in [0.15, 0.2) is 24.3 Å². The maximum absolute atomic E-state index is 13.3. The normalized spacial score (nSPS) is 58.5. The number of esters is 1. The summed E-state index contributed by atoms with van der Waals surface area (Å²) in [7, 11) is 0. The van der Waals surface area contributed by atoms with E-state index in [0.717, 1.165) is 12.8 Å². The van der Waals surface area contributed by atoms with Gasteiger partial charge in [0.05, 0.1) is 16.9 Å². The summed E-state index contributed by atoms with van der Waals surface area (Å²) in [5.41, 5.74) is -3.02. The molecule has 5 heteroatoms. The van der Waals surface area contributed by atoms with Crippen molar-refractivity contribution in [3.63, 3.8) is 0 Å². The minimum Gasteiger partial charge on any atom is -0.424 e. The summed E-state index contributed by atoms with van der Waals surface area (Å²) >= 11 is 0. The zero-order chi connectivity index (χ0) is 18.0. The van der Waals surface area contributed by atoms with E-state index in [2.05, 4.69) is 6.58 Å². The van der Waals surface area contributed by atoms with Gasteiger partial charge >= 0.3 is 5.97 Å². The van der Waals surface area contributed by atoms with Crippen LogP contribution < -0.4 is 0 Å². The highest BCUT2D eigenvalue weighted by atomic mass is 16.7. The molecule has 25 heavy (non-hydrogen) atoms. The summed E-state index contributed by atoms with van der Waals surface area (Å²) < 4.78 is 5.36. The lowest BCUT2D eigenvalue weighted by atomic mass is 9.47. The van der Waals surface area contributed by atoms with Crippen molar-refractivity contribution < 1.29 is 24.5 Å². The van der Waals surface area contributed by atoms with Gasteiger partial charge in [0.15, 0.2) is 0 Å². The Bertz CT molecular complexity index is 785. The summed E-state index contributed by atoms with van der Waals surface area (Å²) in [6, 6.07) is 0. The molecule has 134 valence electrons. The van der Waals surface area contributed by atoms with Gasteiger partial charge in [-0.05, 0) is 44.9 Å². The third-order valence-electron chi connectivity index (χ3n) is 8.17. The Labute approximate surface area is 146 Å².